The molecule has 0 radical (unpaired) electrons. The molecule has 4 N–H and O–H groups in total. The standard InChI is InChI=1S/C14H14N4O3/c1-18-6-9(5-17-18)11-4-7-2-8(13(15)19)3-10(14(16)20)12(7)21-11/h2-3,5-6,11H,4H2,1H3,(H2,15,19)(H2,16,20). The lowest BCUT2D eigenvalue weighted by molar-refractivity contribution is 0.0995. The molecule has 0 bridgehead atoms. The topological polar surface area (TPSA) is 113 Å². The monoisotopic (exact) mass is 286 g/mol. The van der Waals surface area contributed by atoms with Gasteiger partial charge >= 0.3 is 0 Å². The molecule has 2 heterocycles. The van der Waals surface area contributed by atoms with Crippen LogP contribution in [0.25, 0.3) is 0 Å². The number of benzene rings is 1. The number of nitrogens with zero attached hydrogens (tertiary/aromatic N) is 2. The molecule has 108 valence electrons. The number of amides is 2. The Morgan fingerprint density at radius 1 is 1.33 bits per heavy atom. The molecule has 0 saturated carbocycles. The molecule has 1 aromatic heterocycles. The number of carbonyl (C=O) groups is 2. The van der Waals surface area contributed by atoms with E-state index >= 15 is 0 Å². The van der Waals surface area contributed by atoms with E-state index in [2.05, 4.69) is 5.10 Å². The highest BCUT2D eigenvalue weighted by Crippen LogP contribution is 2.39. The number of carbonyl (C=O) groups excluding carboxylic acids is 2. The van der Waals surface area contributed by atoms with E-state index in [1.807, 2.05) is 13.2 Å². The molecular formula is C14H14N4O3. The van der Waals surface area contributed by atoms with Gasteiger partial charge in [0.15, 0.2) is 0 Å². The van der Waals surface area contributed by atoms with Gasteiger partial charge in [0.1, 0.15) is 11.9 Å². The van der Waals surface area contributed by atoms with Crippen molar-refractivity contribution >= 4 is 11.8 Å². The SMILES string of the molecule is Cn1cc(C2Cc3cc(C(N)=O)cc(C(N)=O)c3O2)cn1. The number of aromatic nitrogens is 2. The molecule has 21 heavy (non-hydrogen) atoms. The highest BCUT2D eigenvalue weighted by atomic mass is 16.5. The van der Waals surface area contributed by atoms with Crippen LogP contribution in [0.15, 0.2) is 24.5 Å². The van der Waals surface area contributed by atoms with Gasteiger partial charge in [0.05, 0.1) is 11.8 Å². The lowest BCUT2D eigenvalue weighted by Gasteiger charge is -2.10. The van der Waals surface area contributed by atoms with Gasteiger partial charge in [-0.25, -0.2) is 0 Å². The predicted octanol–water partition coefficient (Wildman–Crippen LogP) is 0.294. The van der Waals surface area contributed by atoms with Crippen molar-refractivity contribution in [2.24, 2.45) is 18.5 Å². The van der Waals surface area contributed by atoms with Gasteiger partial charge < -0.3 is 16.2 Å². The van der Waals surface area contributed by atoms with E-state index in [-0.39, 0.29) is 17.2 Å². The maximum Gasteiger partial charge on any atom is 0.252 e. The largest absolute Gasteiger partial charge is 0.484 e. The molecule has 7 heteroatoms. The van der Waals surface area contributed by atoms with Crippen LogP contribution >= 0.6 is 0 Å². The number of aryl methyl sites for hydroxylation is 1. The van der Waals surface area contributed by atoms with Crippen molar-refractivity contribution in [3.63, 3.8) is 0 Å². The first-order valence-electron chi connectivity index (χ1n) is 6.37. The van der Waals surface area contributed by atoms with E-state index < -0.39 is 11.8 Å². The number of hydrogen-bond donors (Lipinski definition) is 2. The minimum absolute atomic E-state index is 0.174. The van der Waals surface area contributed by atoms with Crippen LogP contribution in [-0.4, -0.2) is 21.6 Å². The van der Waals surface area contributed by atoms with Crippen LogP contribution in [0.3, 0.4) is 0 Å². The fraction of sp³-hybridized carbons (Fsp3) is 0.214. The Hall–Kier alpha value is -2.83. The van der Waals surface area contributed by atoms with Gasteiger partial charge in [0.2, 0.25) is 5.91 Å². The highest BCUT2D eigenvalue weighted by Gasteiger charge is 2.30. The summed E-state index contributed by atoms with van der Waals surface area (Å²) >= 11 is 0. The first-order chi connectivity index (χ1) is 9.95. The van der Waals surface area contributed by atoms with Crippen LogP contribution in [0.4, 0.5) is 0 Å². The molecule has 0 aliphatic carbocycles. The summed E-state index contributed by atoms with van der Waals surface area (Å²) in [5.41, 5.74) is 12.7. The highest BCUT2D eigenvalue weighted by molar-refractivity contribution is 6.01. The lowest BCUT2D eigenvalue weighted by atomic mass is 10.0. The normalized spacial score (nSPS) is 16.3. The second kappa shape index (κ2) is 4.62. The smallest absolute Gasteiger partial charge is 0.252 e. The lowest BCUT2D eigenvalue weighted by Crippen LogP contribution is -2.16. The van der Waals surface area contributed by atoms with Crippen molar-refractivity contribution in [1.82, 2.24) is 9.78 Å². The van der Waals surface area contributed by atoms with E-state index in [1.54, 1.807) is 16.9 Å². The maximum absolute atomic E-state index is 11.6. The molecule has 0 spiro atoms. The number of ether oxygens (including phenoxy) is 1. The predicted molar refractivity (Wildman–Crippen MR) is 73.8 cm³/mol. The van der Waals surface area contributed by atoms with Gasteiger partial charge in [0.25, 0.3) is 5.91 Å². The number of hydrogen-bond acceptors (Lipinski definition) is 4. The molecule has 1 aromatic carbocycles. The fourth-order valence-electron chi connectivity index (χ4n) is 2.48. The van der Waals surface area contributed by atoms with Gasteiger partial charge in [0, 0.05) is 30.8 Å². The third-order valence-corrected chi connectivity index (χ3v) is 3.48. The fourth-order valence-corrected chi connectivity index (χ4v) is 2.48. The van der Waals surface area contributed by atoms with Crippen molar-refractivity contribution in [3.05, 3.63) is 46.8 Å². The van der Waals surface area contributed by atoms with Crippen molar-refractivity contribution in [3.8, 4) is 5.75 Å². The van der Waals surface area contributed by atoms with E-state index in [9.17, 15) is 9.59 Å². The quantitative estimate of drug-likeness (QED) is 0.844. The van der Waals surface area contributed by atoms with Crippen molar-refractivity contribution < 1.29 is 14.3 Å². The number of nitrogens with two attached hydrogens (primary N) is 2. The summed E-state index contributed by atoms with van der Waals surface area (Å²) in [6.45, 7) is 0. The Morgan fingerprint density at radius 2 is 2.10 bits per heavy atom. The van der Waals surface area contributed by atoms with E-state index in [4.69, 9.17) is 16.2 Å². The molecule has 1 atom stereocenters. The van der Waals surface area contributed by atoms with E-state index in [1.165, 1.54) is 6.07 Å². The first kappa shape index (κ1) is 13.2. The minimum Gasteiger partial charge on any atom is -0.484 e. The third-order valence-electron chi connectivity index (χ3n) is 3.48. The van der Waals surface area contributed by atoms with Crippen LogP contribution in [0.1, 0.15) is 37.9 Å². The number of primary amides is 2. The van der Waals surface area contributed by atoms with Gasteiger partial charge in [-0.2, -0.15) is 5.10 Å². The summed E-state index contributed by atoms with van der Waals surface area (Å²) in [7, 11) is 1.81. The first-order valence-corrected chi connectivity index (χ1v) is 6.37. The van der Waals surface area contributed by atoms with Gasteiger partial charge in [-0.1, -0.05) is 0 Å². The minimum atomic E-state index is -0.652. The molecule has 7 nitrogen and oxygen atoms in total. The van der Waals surface area contributed by atoms with Crippen LogP contribution in [-0.2, 0) is 13.5 Å². The van der Waals surface area contributed by atoms with E-state index in [0.29, 0.717) is 12.2 Å². The average Bonchev–Trinajstić information content (AvgIpc) is 3.02. The average molecular weight is 286 g/mol. The Bertz CT molecular complexity index is 751. The van der Waals surface area contributed by atoms with Gasteiger partial charge in [-0.05, 0) is 17.7 Å². The third kappa shape index (κ3) is 2.22. The molecule has 0 fully saturated rings. The molecular weight excluding hydrogens is 272 g/mol. The molecule has 1 aliphatic heterocycles. The number of fused-ring (bicyclic) bond motifs is 1. The van der Waals surface area contributed by atoms with Crippen molar-refractivity contribution in [2.45, 2.75) is 12.5 Å². The number of rotatable bonds is 3. The molecule has 1 aliphatic rings. The second-order valence-corrected chi connectivity index (χ2v) is 5.00. The maximum atomic E-state index is 11.6. The zero-order valence-corrected chi connectivity index (χ0v) is 11.4. The summed E-state index contributed by atoms with van der Waals surface area (Å²) in [4.78, 5) is 22.9. The molecule has 2 amide bonds. The summed E-state index contributed by atoms with van der Waals surface area (Å²) < 4.78 is 7.50. The Kier molecular flexibility index (Phi) is 2.90. The van der Waals surface area contributed by atoms with Crippen LogP contribution in [0, 0.1) is 0 Å². The molecule has 2 aromatic rings. The summed E-state index contributed by atoms with van der Waals surface area (Å²) in [5.74, 6) is -0.840. The Labute approximate surface area is 120 Å². The summed E-state index contributed by atoms with van der Waals surface area (Å²) in [6.07, 6.45) is 3.82. The van der Waals surface area contributed by atoms with Crippen LogP contribution in [0.5, 0.6) is 5.75 Å². The van der Waals surface area contributed by atoms with Crippen LogP contribution < -0.4 is 16.2 Å². The Balaban J connectivity index is 2.03. The van der Waals surface area contributed by atoms with Gasteiger partial charge in [-0.15, -0.1) is 0 Å². The Morgan fingerprint density at radius 3 is 2.67 bits per heavy atom. The molecule has 1 unspecified atom stereocenters. The molecule has 0 saturated heterocycles. The van der Waals surface area contributed by atoms with Crippen molar-refractivity contribution in [1.29, 1.82) is 0 Å². The van der Waals surface area contributed by atoms with E-state index in [0.717, 1.165) is 11.1 Å². The summed E-state index contributed by atoms with van der Waals surface area (Å²) in [6, 6.07) is 3.01. The van der Waals surface area contributed by atoms with Crippen molar-refractivity contribution in [2.75, 3.05) is 0 Å². The molecule has 3 rings (SSSR count). The zero-order chi connectivity index (χ0) is 15.1. The second-order valence-electron chi connectivity index (χ2n) is 5.00. The van der Waals surface area contributed by atoms with Gasteiger partial charge in [-0.3, -0.25) is 14.3 Å². The zero-order valence-electron chi connectivity index (χ0n) is 11.4. The van der Waals surface area contributed by atoms with Crippen LogP contribution in [0.2, 0.25) is 0 Å². The summed E-state index contributed by atoms with van der Waals surface area (Å²) in [5, 5.41) is 4.10.